The van der Waals surface area contributed by atoms with E-state index in [1.54, 1.807) is 0 Å². The van der Waals surface area contributed by atoms with Crippen LogP contribution in [0.25, 0.3) is 0 Å². The molecule has 1 unspecified atom stereocenters. The molecule has 82 valence electrons. The van der Waals surface area contributed by atoms with Gasteiger partial charge in [-0.1, -0.05) is 19.6 Å². The van der Waals surface area contributed by atoms with E-state index in [2.05, 4.69) is 31.3 Å². The summed E-state index contributed by atoms with van der Waals surface area (Å²) in [4.78, 5) is 11.7. The fraction of sp³-hybridized carbons (Fsp3) is 0.900. The molecule has 1 aliphatic rings. The fourth-order valence-corrected chi connectivity index (χ4v) is 2.82. The molecule has 14 heavy (non-hydrogen) atoms. The summed E-state index contributed by atoms with van der Waals surface area (Å²) in [6.07, 6.45) is 3.08. The second-order valence-corrected chi connectivity index (χ2v) is 10.0. The molecule has 0 N–H and O–H groups in total. The summed E-state index contributed by atoms with van der Waals surface area (Å²) in [5.74, 6) is -0.0209. The third-order valence-electron chi connectivity index (χ3n) is 2.91. The largest absolute Gasteiger partial charge is 0.465 e. The Morgan fingerprint density at radius 2 is 2.00 bits per heavy atom. The molecule has 0 aliphatic carbocycles. The Kier molecular flexibility index (Phi) is 3.72. The van der Waals surface area contributed by atoms with Crippen molar-refractivity contribution in [2.24, 2.45) is 0 Å². The highest BCUT2D eigenvalue weighted by Gasteiger charge is 2.33. The Morgan fingerprint density at radius 3 is 2.57 bits per heavy atom. The molecule has 0 aromatic heterocycles. The quantitative estimate of drug-likeness (QED) is 0.520. The van der Waals surface area contributed by atoms with Crippen molar-refractivity contribution in [2.75, 3.05) is 13.7 Å². The molecule has 0 spiro atoms. The Morgan fingerprint density at radius 1 is 1.36 bits per heavy atom. The van der Waals surface area contributed by atoms with Crippen LogP contribution in [0, 0.1) is 0 Å². The van der Waals surface area contributed by atoms with E-state index in [9.17, 15) is 4.79 Å². The van der Waals surface area contributed by atoms with Crippen LogP contribution in [0.5, 0.6) is 0 Å². The van der Waals surface area contributed by atoms with Gasteiger partial charge in [0.15, 0.2) is 0 Å². The number of hydrogen-bond acceptors (Lipinski definition) is 3. The monoisotopic (exact) mass is 215 g/mol. The first-order valence-electron chi connectivity index (χ1n) is 5.32. The van der Waals surface area contributed by atoms with Crippen molar-refractivity contribution in [3.8, 4) is 0 Å². The van der Waals surface area contributed by atoms with E-state index in [1.165, 1.54) is 0 Å². The van der Waals surface area contributed by atoms with Crippen LogP contribution in [-0.4, -0.2) is 38.5 Å². The first-order valence-corrected chi connectivity index (χ1v) is 8.77. The number of nitrogens with zero attached hydrogens (tertiary/aromatic N) is 1. The number of likely N-dealkylation sites (N-methyl/N-ethyl adjacent to an activating group) is 1. The summed E-state index contributed by atoms with van der Waals surface area (Å²) in [7, 11) is 0.679. The lowest BCUT2D eigenvalue weighted by Gasteiger charge is -2.35. The van der Waals surface area contributed by atoms with Crippen LogP contribution in [-0.2, 0) is 9.53 Å². The van der Waals surface area contributed by atoms with Gasteiger partial charge in [0.25, 0.3) is 0 Å². The third kappa shape index (κ3) is 2.82. The van der Waals surface area contributed by atoms with E-state index in [1.807, 2.05) is 0 Å². The molecule has 1 saturated heterocycles. The van der Waals surface area contributed by atoms with Crippen molar-refractivity contribution < 1.29 is 9.53 Å². The fourth-order valence-electron chi connectivity index (χ4n) is 1.65. The van der Waals surface area contributed by atoms with Crippen LogP contribution >= 0.6 is 0 Å². The van der Waals surface area contributed by atoms with Crippen LogP contribution < -0.4 is 0 Å². The zero-order chi connectivity index (χ0) is 10.8. The number of cyclic esters (lactones) is 1. The SMILES string of the molecule is CN(C1CCCCOC1=O)[Si](C)(C)C. The highest BCUT2D eigenvalue weighted by Crippen LogP contribution is 2.19. The van der Waals surface area contributed by atoms with E-state index in [4.69, 9.17) is 4.74 Å². The Hall–Kier alpha value is -0.353. The van der Waals surface area contributed by atoms with E-state index >= 15 is 0 Å². The van der Waals surface area contributed by atoms with Gasteiger partial charge >= 0.3 is 5.97 Å². The number of esters is 1. The van der Waals surface area contributed by atoms with Gasteiger partial charge in [0.05, 0.1) is 6.61 Å². The number of ether oxygens (including phenoxy) is 1. The summed E-state index contributed by atoms with van der Waals surface area (Å²) in [5, 5.41) is 0. The molecule has 1 atom stereocenters. The predicted molar refractivity (Wildman–Crippen MR) is 59.7 cm³/mol. The van der Waals surface area contributed by atoms with Crippen molar-refractivity contribution in [3.63, 3.8) is 0 Å². The first-order chi connectivity index (χ1) is 6.43. The van der Waals surface area contributed by atoms with Crippen LogP contribution in [0.2, 0.25) is 19.6 Å². The zero-order valence-corrected chi connectivity index (χ0v) is 10.7. The second-order valence-electron chi connectivity index (χ2n) is 4.96. The maximum absolute atomic E-state index is 11.7. The number of rotatable bonds is 2. The molecule has 0 aromatic carbocycles. The van der Waals surface area contributed by atoms with Gasteiger partial charge in [0.1, 0.15) is 14.3 Å². The first kappa shape index (κ1) is 11.7. The summed E-state index contributed by atoms with van der Waals surface area (Å²) in [5.41, 5.74) is 0. The molecule has 0 radical (unpaired) electrons. The molecule has 4 heteroatoms. The van der Waals surface area contributed by atoms with Gasteiger partial charge in [-0.2, -0.15) is 0 Å². The average molecular weight is 215 g/mol. The smallest absolute Gasteiger partial charge is 0.322 e. The minimum Gasteiger partial charge on any atom is -0.465 e. The van der Waals surface area contributed by atoms with Crippen LogP contribution in [0.1, 0.15) is 19.3 Å². The zero-order valence-electron chi connectivity index (χ0n) is 9.67. The van der Waals surface area contributed by atoms with E-state index in [0.29, 0.717) is 6.61 Å². The van der Waals surface area contributed by atoms with Gasteiger partial charge in [0, 0.05) is 0 Å². The second kappa shape index (κ2) is 4.44. The molecule has 1 aliphatic heterocycles. The summed E-state index contributed by atoms with van der Waals surface area (Å²) in [6, 6.07) is 0.00386. The topological polar surface area (TPSA) is 29.5 Å². The molecular weight excluding hydrogens is 194 g/mol. The van der Waals surface area contributed by atoms with Crippen LogP contribution in [0.3, 0.4) is 0 Å². The summed E-state index contributed by atoms with van der Waals surface area (Å²) in [6.45, 7) is 7.37. The molecule has 0 amide bonds. The van der Waals surface area contributed by atoms with E-state index in [-0.39, 0.29) is 12.0 Å². The number of hydrogen-bond donors (Lipinski definition) is 0. The molecule has 0 aromatic rings. The normalized spacial score (nSPS) is 24.6. The van der Waals surface area contributed by atoms with Crippen molar-refractivity contribution in [3.05, 3.63) is 0 Å². The standard InChI is InChI=1S/C10H21NO2Si/c1-11(14(2,3)4)9-7-5-6-8-13-10(9)12/h9H,5-8H2,1-4H3. The molecular formula is C10H21NO2Si. The van der Waals surface area contributed by atoms with Crippen molar-refractivity contribution in [1.82, 2.24) is 4.57 Å². The van der Waals surface area contributed by atoms with Gasteiger partial charge in [-0.25, -0.2) is 0 Å². The lowest BCUT2D eigenvalue weighted by Crippen LogP contribution is -2.52. The lowest BCUT2D eigenvalue weighted by atomic mass is 10.1. The summed E-state index contributed by atoms with van der Waals surface area (Å²) >= 11 is 0. The number of carbonyl (C=O) groups excluding carboxylic acids is 1. The van der Waals surface area contributed by atoms with Gasteiger partial charge in [0.2, 0.25) is 0 Å². The Balaban J connectivity index is 2.68. The highest BCUT2D eigenvalue weighted by molar-refractivity contribution is 6.73. The molecule has 0 bridgehead atoms. The lowest BCUT2D eigenvalue weighted by molar-refractivity contribution is -0.147. The summed E-state index contributed by atoms with van der Waals surface area (Å²) < 4.78 is 7.42. The van der Waals surface area contributed by atoms with Gasteiger partial charge < -0.3 is 9.30 Å². The maximum atomic E-state index is 11.7. The number of carbonyl (C=O) groups is 1. The average Bonchev–Trinajstić information content (AvgIpc) is 2.27. The van der Waals surface area contributed by atoms with Crippen molar-refractivity contribution in [2.45, 2.75) is 44.9 Å². The Labute approximate surface area is 87.5 Å². The van der Waals surface area contributed by atoms with Gasteiger partial charge in [-0.3, -0.25) is 4.79 Å². The molecule has 1 rings (SSSR count). The van der Waals surface area contributed by atoms with E-state index < -0.39 is 8.24 Å². The highest BCUT2D eigenvalue weighted by atomic mass is 28.3. The maximum Gasteiger partial charge on any atom is 0.322 e. The predicted octanol–water partition coefficient (Wildman–Crippen LogP) is 1.85. The van der Waals surface area contributed by atoms with Crippen molar-refractivity contribution >= 4 is 14.2 Å². The van der Waals surface area contributed by atoms with E-state index in [0.717, 1.165) is 19.3 Å². The van der Waals surface area contributed by atoms with Crippen LogP contribution in [0.15, 0.2) is 0 Å². The van der Waals surface area contributed by atoms with Gasteiger partial charge in [-0.05, 0) is 26.3 Å². The third-order valence-corrected chi connectivity index (χ3v) is 5.34. The Bertz CT molecular complexity index is 213. The van der Waals surface area contributed by atoms with Crippen molar-refractivity contribution in [1.29, 1.82) is 0 Å². The molecule has 0 saturated carbocycles. The van der Waals surface area contributed by atoms with Gasteiger partial charge in [-0.15, -0.1) is 0 Å². The molecule has 1 fully saturated rings. The van der Waals surface area contributed by atoms with Crippen LogP contribution in [0.4, 0.5) is 0 Å². The minimum atomic E-state index is -1.38. The molecule has 3 nitrogen and oxygen atoms in total. The molecule has 1 heterocycles. The minimum absolute atomic E-state index is 0.00386.